The molecule has 0 aromatic heterocycles. The van der Waals surface area contributed by atoms with Crippen molar-refractivity contribution >= 4 is 41.1 Å². The number of imide groups is 1. The maximum absolute atomic E-state index is 12.5. The first-order chi connectivity index (χ1) is 12.5. The number of amides is 4. The fourth-order valence-electron chi connectivity index (χ4n) is 2.64. The van der Waals surface area contributed by atoms with Gasteiger partial charge in [-0.15, -0.1) is 11.8 Å². The van der Waals surface area contributed by atoms with E-state index in [1.54, 1.807) is 19.2 Å². The van der Waals surface area contributed by atoms with Crippen LogP contribution in [-0.2, 0) is 25.6 Å². The lowest BCUT2D eigenvalue weighted by molar-refractivity contribution is -0.122. The largest absolute Gasteiger partial charge is 0.359 e. The topological polar surface area (TPSA) is 95.6 Å². The molecule has 7 nitrogen and oxygen atoms in total. The minimum Gasteiger partial charge on any atom is -0.359 e. The molecule has 1 aliphatic heterocycles. The van der Waals surface area contributed by atoms with E-state index in [1.165, 1.54) is 23.7 Å². The summed E-state index contributed by atoms with van der Waals surface area (Å²) < 4.78 is 0. The van der Waals surface area contributed by atoms with Crippen molar-refractivity contribution in [3.63, 3.8) is 0 Å². The van der Waals surface area contributed by atoms with Crippen LogP contribution in [0.15, 0.2) is 24.3 Å². The number of hydrogen-bond donors (Lipinski definition) is 2. The summed E-state index contributed by atoms with van der Waals surface area (Å²) in [5.41, 5.74) is 1.58. The highest BCUT2D eigenvalue weighted by molar-refractivity contribution is 8.01. The van der Waals surface area contributed by atoms with E-state index in [2.05, 4.69) is 10.6 Å². The smallest absolute Gasteiger partial charge is 0.247 e. The predicted octanol–water partition coefficient (Wildman–Crippen LogP) is 0.866. The van der Waals surface area contributed by atoms with Crippen LogP contribution in [0.4, 0.5) is 5.69 Å². The molecular weight excluding hydrogens is 354 g/mol. The molecule has 1 heterocycles. The third kappa shape index (κ3) is 5.08. The van der Waals surface area contributed by atoms with Crippen LogP contribution in [0, 0.1) is 0 Å². The monoisotopic (exact) mass is 377 g/mol. The fraction of sp³-hybridized carbons (Fsp3) is 0.444. The number of carbonyl (C=O) groups is 4. The number of benzene rings is 1. The van der Waals surface area contributed by atoms with Crippen LogP contribution in [0.25, 0.3) is 0 Å². The summed E-state index contributed by atoms with van der Waals surface area (Å²) in [4.78, 5) is 48.5. The van der Waals surface area contributed by atoms with Crippen LogP contribution in [0.5, 0.6) is 0 Å². The van der Waals surface area contributed by atoms with Crippen LogP contribution >= 0.6 is 11.8 Å². The molecule has 0 bridgehead atoms. The molecule has 140 valence electrons. The van der Waals surface area contributed by atoms with Gasteiger partial charge in [-0.1, -0.05) is 12.1 Å². The number of nitrogens with one attached hydrogen (secondary N) is 2. The van der Waals surface area contributed by atoms with Gasteiger partial charge < -0.3 is 10.6 Å². The Labute approximate surface area is 156 Å². The summed E-state index contributed by atoms with van der Waals surface area (Å²) in [6.07, 6.45) is 2.05. The van der Waals surface area contributed by atoms with Gasteiger partial charge in [-0.25, -0.2) is 4.90 Å². The van der Waals surface area contributed by atoms with E-state index in [0.717, 1.165) is 18.4 Å². The summed E-state index contributed by atoms with van der Waals surface area (Å²) in [6.45, 7) is 0. The summed E-state index contributed by atoms with van der Waals surface area (Å²) in [7, 11) is 3.15. The van der Waals surface area contributed by atoms with E-state index in [-0.39, 0.29) is 35.8 Å². The average molecular weight is 377 g/mol. The summed E-state index contributed by atoms with van der Waals surface area (Å²) >= 11 is 1.18. The normalized spacial score (nSPS) is 16.7. The standard InChI is InChI=1S/C18H23N3O4S/c1-19-15(22)5-3-4-12-6-8-13(9-7-12)21-17(24)10-14(18(21)25)26-11-16(23)20-2/h6-9,14H,3-5,10-11H2,1-2H3,(H,19,22)(H,20,23). The predicted molar refractivity (Wildman–Crippen MR) is 101 cm³/mol. The highest BCUT2D eigenvalue weighted by atomic mass is 32.2. The van der Waals surface area contributed by atoms with Crippen molar-refractivity contribution < 1.29 is 19.2 Å². The van der Waals surface area contributed by atoms with Gasteiger partial charge in [0, 0.05) is 26.9 Å². The Bertz CT molecular complexity index is 690. The minimum absolute atomic E-state index is 0.00942. The first-order valence-corrected chi connectivity index (χ1v) is 9.49. The Morgan fingerprint density at radius 1 is 1.12 bits per heavy atom. The number of anilines is 1. The number of aryl methyl sites for hydroxylation is 1. The molecule has 8 heteroatoms. The highest BCUT2D eigenvalue weighted by Gasteiger charge is 2.39. The molecule has 2 rings (SSSR count). The minimum atomic E-state index is -0.521. The molecule has 1 aliphatic rings. The van der Waals surface area contributed by atoms with Crippen molar-refractivity contribution in [3.8, 4) is 0 Å². The first kappa shape index (κ1) is 20.0. The van der Waals surface area contributed by atoms with E-state index in [9.17, 15) is 19.2 Å². The van der Waals surface area contributed by atoms with Crippen molar-refractivity contribution in [3.05, 3.63) is 29.8 Å². The Kier molecular flexibility index (Phi) is 7.20. The lowest BCUT2D eigenvalue weighted by Crippen LogP contribution is -2.31. The third-order valence-electron chi connectivity index (χ3n) is 4.14. The Morgan fingerprint density at radius 3 is 2.38 bits per heavy atom. The quantitative estimate of drug-likeness (QED) is 0.656. The van der Waals surface area contributed by atoms with Gasteiger partial charge in [0.15, 0.2) is 0 Å². The molecule has 1 fully saturated rings. The third-order valence-corrected chi connectivity index (χ3v) is 5.34. The second-order valence-electron chi connectivity index (χ2n) is 5.94. The van der Waals surface area contributed by atoms with E-state index >= 15 is 0 Å². The molecular formula is C18H23N3O4S. The molecule has 0 radical (unpaired) electrons. The number of hydrogen-bond acceptors (Lipinski definition) is 5. The molecule has 0 saturated carbocycles. The summed E-state index contributed by atoms with van der Waals surface area (Å²) in [5.74, 6) is -0.545. The molecule has 26 heavy (non-hydrogen) atoms. The highest BCUT2D eigenvalue weighted by Crippen LogP contribution is 2.29. The number of nitrogens with zero attached hydrogens (tertiary/aromatic N) is 1. The fourth-order valence-corrected chi connectivity index (χ4v) is 3.65. The van der Waals surface area contributed by atoms with Gasteiger partial charge in [-0.3, -0.25) is 19.2 Å². The van der Waals surface area contributed by atoms with Gasteiger partial charge in [0.2, 0.25) is 23.6 Å². The second kappa shape index (κ2) is 9.38. The van der Waals surface area contributed by atoms with E-state index in [0.29, 0.717) is 12.1 Å². The summed E-state index contributed by atoms with van der Waals surface area (Å²) in [6, 6.07) is 7.23. The molecule has 2 N–H and O–H groups in total. The van der Waals surface area contributed by atoms with Gasteiger partial charge in [0.1, 0.15) is 0 Å². The van der Waals surface area contributed by atoms with E-state index < -0.39 is 5.25 Å². The first-order valence-electron chi connectivity index (χ1n) is 8.44. The number of carbonyl (C=O) groups excluding carboxylic acids is 4. The second-order valence-corrected chi connectivity index (χ2v) is 7.13. The van der Waals surface area contributed by atoms with Gasteiger partial charge in [0.05, 0.1) is 16.7 Å². The van der Waals surface area contributed by atoms with E-state index in [4.69, 9.17) is 0 Å². The van der Waals surface area contributed by atoms with Crippen LogP contribution in [0.1, 0.15) is 24.8 Å². The van der Waals surface area contributed by atoms with Crippen LogP contribution in [0.2, 0.25) is 0 Å². The zero-order valence-electron chi connectivity index (χ0n) is 14.9. The molecule has 0 spiro atoms. The Balaban J connectivity index is 1.95. The molecule has 1 unspecified atom stereocenters. The zero-order chi connectivity index (χ0) is 19.1. The molecule has 0 aliphatic carbocycles. The van der Waals surface area contributed by atoms with Gasteiger partial charge in [0.25, 0.3) is 0 Å². The lowest BCUT2D eigenvalue weighted by Gasteiger charge is -2.15. The van der Waals surface area contributed by atoms with Crippen LogP contribution in [-0.4, -0.2) is 48.7 Å². The maximum Gasteiger partial charge on any atom is 0.247 e. The zero-order valence-corrected chi connectivity index (χ0v) is 15.7. The van der Waals surface area contributed by atoms with Crippen molar-refractivity contribution in [1.29, 1.82) is 0 Å². The molecule has 1 aromatic carbocycles. The average Bonchev–Trinajstić information content (AvgIpc) is 2.93. The van der Waals surface area contributed by atoms with Crippen molar-refractivity contribution in [2.75, 3.05) is 24.7 Å². The van der Waals surface area contributed by atoms with Crippen molar-refractivity contribution in [2.24, 2.45) is 0 Å². The molecule has 1 saturated heterocycles. The van der Waals surface area contributed by atoms with Crippen LogP contribution < -0.4 is 15.5 Å². The molecule has 1 aromatic rings. The Hall–Kier alpha value is -2.35. The maximum atomic E-state index is 12.5. The number of thioether (sulfide) groups is 1. The lowest BCUT2D eigenvalue weighted by atomic mass is 10.1. The Morgan fingerprint density at radius 2 is 1.77 bits per heavy atom. The van der Waals surface area contributed by atoms with Crippen LogP contribution in [0.3, 0.4) is 0 Å². The van der Waals surface area contributed by atoms with E-state index in [1.807, 2.05) is 12.1 Å². The molecule has 1 atom stereocenters. The number of rotatable bonds is 8. The van der Waals surface area contributed by atoms with Crippen molar-refractivity contribution in [2.45, 2.75) is 30.9 Å². The van der Waals surface area contributed by atoms with Gasteiger partial charge >= 0.3 is 0 Å². The molecule has 4 amide bonds. The summed E-state index contributed by atoms with van der Waals surface area (Å²) in [5, 5.41) is 4.56. The SMILES string of the molecule is CNC(=O)CCCc1ccc(N2C(=O)CC(SCC(=O)NC)C2=O)cc1. The van der Waals surface area contributed by atoms with Crippen molar-refractivity contribution in [1.82, 2.24) is 10.6 Å². The van der Waals surface area contributed by atoms with Gasteiger partial charge in [-0.05, 0) is 30.5 Å². The van der Waals surface area contributed by atoms with Gasteiger partial charge in [-0.2, -0.15) is 0 Å².